The number of rotatable bonds is 17. The largest absolute Gasteiger partial charge is 0.509 e. The number of aryl methyl sites for hydroxylation is 8. The first-order chi connectivity index (χ1) is 60.1. The molecule has 0 bridgehead atoms. The number of aliphatic hydroxyl groups is 3. The normalized spacial score (nSPS) is 19.0. The molecule has 4 aromatic carbocycles. The number of fused-ring (bicyclic) bond motifs is 4. The summed E-state index contributed by atoms with van der Waals surface area (Å²) in [4.78, 5) is 135. The number of hydrogen-bond acceptors (Lipinski definition) is 22. The highest BCUT2D eigenvalue weighted by Gasteiger charge is 2.33. The molecule has 34 nitrogen and oxygen atoms in total. The van der Waals surface area contributed by atoms with Gasteiger partial charge in [0.15, 0.2) is 44.7 Å². The molecule has 8 atom stereocenters. The van der Waals surface area contributed by atoms with E-state index in [4.69, 9.17) is 102 Å². The van der Waals surface area contributed by atoms with Gasteiger partial charge in [0, 0.05) is 87.0 Å². The minimum Gasteiger partial charge on any atom is -0.431 e. The van der Waals surface area contributed by atoms with E-state index in [9.17, 15) is 58.5 Å². The number of aromatic nitrogens is 16. The second-order valence-electron chi connectivity index (χ2n) is 33.8. The lowest BCUT2D eigenvalue weighted by atomic mass is 9.93. The molecule has 127 heavy (non-hydrogen) atoms. The first kappa shape index (κ1) is 94.8. The zero-order valence-corrected chi connectivity index (χ0v) is 77.7. The molecular weight excluding hydrogens is 1810 g/mol. The van der Waals surface area contributed by atoms with Gasteiger partial charge in [0.1, 0.15) is 11.7 Å². The molecule has 4 fully saturated rings. The van der Waals surface area contributed by atoms with Gasteiger partial charge in [-0.1, -0.05) is 117 Å². The zero-order valence-electron chi connectivity index (χ0n) is 71.7. The van der Waals surface area contributed by atoms with Crippen LogP contribution < -0.4 is 66.3 Å². The van der Waals surface area contributed by atoms with E-state index in [0.717, 1.165) is 95.3 Å². The van der Waals surface area contributed by atoms with E-state index in [-0.39, 0.29) is 80.4 Å². The van der Waals surface area contributed by atoms with Gasteiger partial charge in [-0.3, -0.25) is 55.7 Å². The van der Waals surface area contributed by atoms with Gasteiger partial charge in [0.25, 0.3) is 22.2 Å². The summed E-state index contributed by atoms with van der Waals surface area (Å²) in [7, 11) is 13.3. The van der Waals surface area contributed by atoms with Crippen molar-refractivity contribution < 1.29 is 29.6 Å². The van der Waals surface area contributed by atoms with Crippen LogP contribution >= 0.6 is 92.8 Å². The topological polar surface area (TPSA) is 392 Å². The van der Waals surface area contributed by atoms with Crippen LogP contribution in [-0.4, -0.2) is 150 Å². The van der Waals surface area contributed by atoms with E-state index < -0.39 is 56.8 Å². The van der Waals surface area contributed by atoms with E-state index in [0.29, 0.717) is 151 Å². The Morgan fingerprint density at radius 2 is 0.591 bits per heavy atom. The number of halogens is 8. The third kappa shape index (κ3) is 21.2. The van der Waals surface area contributed by atoms with Crippen molar-refractivity contribution >= 4 is 167 Å². The fraction of sp³-hybridized carbons (Fsp3) is 0.471. The summed E-state index contributed by atoms with van der Waals surface area (Å²) in [6.07, 6.45) is 10.9. The van der Waals surface area contributed by atoms with Crippen LogP contribution in [0.15, 0.2) is 111 Å². The quantitative estimate of drug-likeness (QED) is 0.0416. The summed E-state index contributed by atoms with van der Waals surface area (Å²) in [5.41, 5.74) is 1.04. The molecule has 0 saturated heterocycles. The van der Waals surface area contributed by atoms with Crippen LogP contribution in [-0.2, 0) is 92.0 Å². The number of ether oxygens (including phenoxy) is 2. The van der Waals surface area contributed by atoms with Crippen molar-refractivity contribution in [2.45, 2.75) is 204 Å². The Hall–Kier alpha value is -9.85. The van der Waals surface area contributed by atoms with Crippen LogP contribution in [0.1, 0.15) is 146 Å². The number of benzene rings is 4. The summed E-state index contributed by atoms with van der Waals surface area (Å²) >= 11 is 48.2. The average molecular weight is 1910 g/mol. The molecule has 680 valence electrons. The summed E-state index contributed by atoms with van der Waals surface area (Å²) in [6, 6.07) is 20.2. The zero-order chi connectivity index (χ0) is 91.8. The van der Waals surface area contributed by atoms with Crippen molar-refractivity contribution in [3.8, 4) is 0 Å². The summed E-state index contributed by atoms with van der Waals surface area (Å²) < 4.78 is 27.6. The Bertz CT molecular complexity index is 6270. The smallest absolute Gasteiger partial charge is 0.431 e. The third-order valence-electron chi connectivity index (χ3n) is 23.3. The number of hydrogen-bond donors (Lipinski definition) is 7. The molecule has 7 N–H and O–H groups in total. The van der Waals surface area contributed by atoms with Crippen molar-refractivity contribution in [3.63, 3.8) is 0 Å². The Morgan fingerprint density at radius 3 is 0.819 bits per heavy atom. The Balaban J connectivity index is 0.000000145. The highest BCUT2D eigenvalue weighted by atomic mass is 35.5. The highest BCUT2D eigenvalue weighted by molar-refractivity contribution is 6.43. The maximum absolute atomic E-state index is 13.4. The van der Waals surface area contributed by atoms with Crippen molar-refractivity contribution in [1.82, 2.24) is 74.7 Å². The Morgan fingerprint density at radius 1 is 0.354 bits per heavy atom. The van der Waals surface area contributed by atoms with Crippen molar-refractivity contribution in [1.29, 1.82) is 0 Å². The fourth-order valence-electron chi connectivity index (χ4n) is 16.5. The molecule has 0 amide bonds. The maximum Gasteiger partial charge on any atom is 0.509 e. The fourth-order valence-corrected chi connectivity index (χ4v) is 17.8. The van der Waals surface area contributed by atoms with E-state index in [2.05, 4.69) is 41.2 Å². The molecule has 0 spiro atoms. The molecular formula is C85H100Cl8N20O14. The monoisotopic (exact) mass is 1900 g/mol. The number of imidazole rings is 4. The van der Waals surface area contributed by atoms with Gasteiger partial charge in [-0.05, 0) is 188 Å². The molecule has 16 rings (SSSR count). The lowest BCUT2D eigenvalue weighted by Crippen LogP contribution is -2.39. The molecule has 8 aromatic heterocycles. The van der Waals surface area contributed by atoms with Gasteiger partial charge >= 0.3 is 28.9 Å². The lowest BCUT2D eigenvalue weighted by Gasteiger charge is -2.30. The van der Waals surface area contributed by atoms with Crippen LogP contribution in [0, 0.1) is 0 Å². The summed E-state index contributed by atoms with van der Waals surface area (Å²) in [5.74, 6) is 1.97. The van der Waals surface area contributed by atoms with Gasteiger partial charge in [-0.25, -0.2) is 24.0 Å². The Labute approximate surface area is 766 Å². The number of aliphatic hydroxyl groups excluding tert-OH is 3. The second-order valence-corrected chi connectivity index (χ2v) is 37.0. The van der Waals surface area contributed by atoms with Crippen molar-refractivity contribution in [2.75, 3.05) is 21.3 Å². The molecule has 4 aliphatic carbocycles. The molecule has 42 heteroatoms. The van der Waals surface area contributed by atoms with Crippen LogP contribution in [0.3, 0.4) is 0 Å². The van der Waals surface area contributed by atoms with Crippen LogP contribution in [0.5, 0.6) is 0 Å². The van der Waals surface area contributed by atoms with Gasteiger partial charge in [0.2, 0.25) is 23.8 Å². The van der Waals surface area contributed by atoms with E-state index in [1.54, 1.807) is 168 Å². The first-order valence-electron chi connectivity index (χ1n) is 41.5. The molecule has 4 saturated carbocycles. The molecule has 0 aliphatic heterocycles. The minimum absolute atomic E-state index is 0.0350. The average Bonchev–Trinajstić information content (AvgIpc) is 1.63. The van der Waals surface area contributed by atoms with Crippen LogP contribution in [0.2, 0.25) is 40.2 Å². The van der Waals surface area contributed by atoms with Crippen molar-refractivity contribution in [3.05, 3.63) is 219 Å². The SMILES string of the molecule is Cn1c(N[C@@H]2CCC[C@H](O)C2)nc2c1c(=O)n(Cc1ccc(Cl)c(Cl)c1)c(=O)n2C.Cn1c(N[C@H]2CCC[C@@H](O)C2)nc2c1c(=O)n(Cc1ccc(Cl)c(Cl)c1)c(=O)n2C.Cn1c(N[C@H]2CCC[C@@H](O)C2)nc2c1c(=O)n(Cc1ccc(Cl)c(Cl)c1)c(=O)n2C.Cn1c(N[C@H]2CCC[C@@H](OC(=O)OC(C)(C)C)C2)nc2c1c(=O)n(Cc1ccc(Cl)c(Cl)c1)c(=O)n2C. The van der Waals surface area contributed by atoms with Crippen molar-refractivity contribution in [2.24, 2.45) is 56.4 Å². The summed E-state index contributed by atoms with van der Waals surface area (Å²) in [5, 5.41) is 46.2. The highest BCUT2D eigenvalue weighted by Crippen LogP contribution is 2.32. The van der Waals surface area contributed by atoms with Crippen LogP contribution in [0.4, 0.5) is 28.6 Å². The Kier molecular flexibility index (Phi) is 29.6. The third-order valence-corrected chi connectivity index (χ3v) is 26.2. The van der Waals surface area contributed by atoms with E-state index in [1.807, 2.05) is 0 Å². The first-order valence-corrected chi connectivity index (χ1v) is 44.5. The molecule has 0 radical (unpaired) electrons. The number of nitrogens with zero attached hydrogens (tertiary/aromatic N) is 16. The molecule has 8 heterocycles. The molecule has 0 unspecified atom stereocenters. The van der Waals surface area contributed by atoms with Gasteiger partial charge in [0.05, 0.1) is 84.7 Å². The summed E-state index contributed by atoms with van der Waals surface area (Å²) in [6.45, 7) is 5.62. The van der Waals surface area contributed by atoms with Gasteiger partial charge in [-0.2, -0.15) is 19.9 Å². The predicted molar refractivity (Wildman–Crippen MR) is 496 cm³/mol. The maximum atomic E-state index is 13.4. The van der Waals surface area contributed by atoms with Gasteiger partial charge in [-0.15, -0.1) is 0 Å². The lowest BCUT2D eigenvalue weighted by molar-refractivity contribution is -0.0344. The van der Waals surface area contributed by atoms with Gasteiger partial charge < -0.3 is 64.3 Å². The molecule has 4 aliphatic rings. The number of anilines is 4. The van der Waals surface area contributed by atoms with E-state index >= 15 is 0 Å². The molecule has 12 aromatic rings. The number of carbonyl (C=O) groups excluding carboxylic acids is 1. The van der Waals surface area contributed by atoms with E-state index in [1.165, 1.54) is 18.3 Å². The standard InChI is InChI=1S/C25H31Cl2N5O5.3C20H23Cl2N5O3/c1-25(2,3)37-24(35)36-16-8-6-7-15(12-16)28-22-29-20-19(30(22)4)21(33)32(23(34)31(20)5)13-14-9-10-17(26)18(27)11-14;3*1-25-16-17(24-19(25)23-12-4-3-5-13(28)9-12)26(2)20(30)27(18(16)29)10-11-6-7-14(21)15(22)8-11/h9-11,15-16H,6-8,12-13H2,1-5H3,(H,28,29);3*6-8,12-13,28H,3-5,9-10H2,1-2H3,(H,23,24)/t15-,16+;3*12-,13+/m0100/s1. The number of carbonyl (C=O) groups is 1. The van der Waals surface area contributed by atoms with Crippen LogP contribution in [0.25, 0.3) is 44.7 Å². The second kappa shape index (κ2) is 39.6. The number of nitrogens with one attached hydrogen (secondary N) is 4. The predicted octanol–water partition coefficient (Wildman–Crippen LogP) is 12.0. The minimum atomic E-state index is -0.682.